The predicted molar refractivity (Wildman–Crippen MR) is 116 cm³/mol. The standard InChI is InChI=1S/C24H25F3N2O5/c1-33-20-5-3-2-4-18(20)14-28-21(30)15-34-23(32)17-10-12-29(13-11-17)22(31)16-6-8-19(9-7-16)24(25,26)27/h2-9,17H,10-15H2,1H3,(H,28,30). The fraction of sp³-hybridized carbons (Fsp3) is 0.375. The molecule has 1 heterocycles. The Morgan fingerprint density at radius 1 is 1.03 bits per heavy atom. The van der Waals surface area contributed by atoms with E-state index in [1.54, 1.807) is 6.07 Å². The number of para-hydroxylation sites is 1. The number of nitrogens with zero attached hydrogens (tertiary/aromatic N) is 1. The van der Waals surface area contributed by atoms with E-state index in [2.05, 4.69) is 5.32 Å². The van der Waals surface area contributed by atoms with E-state index in [0.29, 0.717) is 18.6 Å². The molecule has 10 heteroatoms. The average Bonchev–Trinajstić information content (AvgIpc) is 2.85. The van der Waals surface area contributed by atoms with Gasteiger partial charge in [0, 0.05) is 30.8 Å². The molecule has 182 valence electrons. The summed E-state index contributed by atoms with van der Waals surface area (Å²) in [5.74, 6) is -1.18. The van der Waals surface area contributed by atoms with Crippen LogP contribution in [0.25, 0.3) is 0 Å². The van der Waals surface area contributed by atoms with Crippen molar-refractivity contribution in [3.63, 3.8) is 0 Å². The fourth-order valence-electron chi connectivity index (χ4n) is 3.65. The Morgan fingerprint density at radius 3 is 2.29 bits per heavy atom. The molecule has 0 aliphatic carbocycles. The van der Waals surface area contributed by atoms with Crippen LogP contribution >= 0.6 is 0 Å². The summed E-state index contributed by atoms with van der Waals surface area (Å²) in [6.45, 7) is 0.336. The van der Waals surface area contributed by atoms with Gasteiger partial charge in [-0.2, -0.15) is 13.2 Å². The Balaban J connectivity index is 1.42. The molecule has 2 aromatic rings. The van der Waals surface area contributed by atoms with Crippen molar-refractivity contribution >= 4 is 17.8 Å². The van der Waals surface area contributed by atoms with Gasteiger partial charge in [-0.25, -0.2) is 0 Å². The van der Waals surface area contributed by atoms with Gasteiger partial charge in [-0.3, -0.25) is 14.4 Å². The number of methoxy groups -OCH3 is 1. The molecule has 0 radical (unpaired) electrons. The van der Waals surface area contributed by atoms with Crippen molar-refractivity contribution in [2.75, 3.05) is 26.8 Å². The minimum atomic E-state index is -4.47. The molecule has 34 heavy (non-hydrogen) atoms. The second-order valence-electron chi connectivity index (χ2n) is 7.84. The molecule has 0 unspecified atom stereocenters. The third kappa shape index (κ3) is 6.49. The topological polar surface area (TPSA) is 84.9 Å². The van der Waals surface area contributed by atoms with Crippen molar-refractivity contribution in [2.45, 2.75) is 25.6 Å². The maximum absolute atomic E-state index is 12.7. The van der Waals surface area contributed by atoms with Crippen molar-refractivity contribution in [1.82, 2.24) is 10.2 Å². The monoisotopic (exact) mass is 478 g/mol. The summed E-state index contributed by atoms with van der Waals surface area (Å²) in [6.07, 6.45) is -3.78. The van der Waals surface area contributed by atoms with Crippen molar-refractivity contribution in [1.29, 1.82) is 0 Å². The minimum absolute atomic E-state index is 0.153. The van der Waals surface area contributed by atoms with E-state index < -0.39 is 42.0 Å². The SMILES string of the molecule is COc1ccccc1CNC(=O)COC(=O)C1CCN(C(=O)c2ccc(C(F)(F)F)cc2)CC1. The number of carbonyl (C=O) groups is 3. The number of ether oxygens (including phenoxy) is 2. The van der Waals surface area contributed by atoms with Gasteiger partial charge < -0.3 is 19.7 Å². The number of nitrogens with one attached hydrogen (secondary N) is 1. The summed E-state index contributed by atoms with van der Waals surface area (Å²) in [5.41, 5.74) is 0.118. The Kier molecular flexibility index (Phi) is 8.14. The molecule has 0 bridgehead atoms. The van der Waals surface area contributed by atoms with E-state index in [1.807, 2.05) is 18.2 Å². The molecule has 3 rings (SSSR count). The summed E-state index contributed by atoms with van der Waals surface area (Å²) in [4.78, 5) is 38.4. The Bertz CT molecular complexity index is 1020. The Hall–Kier alpha value is -3.56. The molecule has 2 aromatic carbocycles. The van der Waals surface area contributed by atoms with Crippen LogP contribution in [-0.2, 0) is 27.0 Å². The maximum atomic E-state index is 12.7. The Morgan fingerprint density at radius 2 is 1.68 bits per heavy atom. The second-order valence-corrected chi connectivity index (χ2v) is 7.84. The lowest BCUT2D eigenvalue weighted by atomic mass is 9.96. The lowest BCUT2D eigenvalue weighted by Crippen LogP contribution is -2.41. The van der Waals surface area contributed by atoms with Crippen molar-refractivity contribution in [3.8, 4) is 5.75 Å². The summed E-state index contributed by atoms with van der Waals surface area (Å²) in [6, 6.07) is 11.3. The van der Waals surface area contributed by atoms with Gasteiger partial charge >= 0.3 is 12.1 Å². The molecule has 1 N–H and O–H groups in total. The molecular weight excluding hydrogens is 453 g/mol. The van der Waals surface area contributed by atoms with E-state index in [4.69, 9.17) is 9.47 Å². The van der Waals surface area contributed by atoms with Crippen LogP contribution in [-0.4, -0.2) is 49.5 Å². The van der Waals surface area contributed by atoms with Gasteiger partial charge in [-0.15, -0.1) is 0 Å². The lowest BCUT2D eigenvalue weighted by molar-refractivity contribution is -0.153. The summed E-state index contributed by atoms with van der Waals surface area (Å²) >= 11 is 0. The number of amides is 2. The molecule has 0 saturated carbocycles. The molecule has 0 spiro atoms. The highest BCUT2D eigenvalue weighted by Crippen LogP contribution is 2.29. The first-order chi connectivity index (χ1) is 16.2. The third-order valence-corrected chi connectivity index (χ3v) is 5.59. The van der Waals surface area contributed by atoms with Crippen LogP contribution in [0.4, 0.5) is 13.2 Å². The van der Waals surface area contributed by atoms with E-state index in [9.17, 15) is 27.6 Å². The van der Waals surface area contributed by atoms with Crippen LogP contribution in [0.15, 0.2) is 48.5 Å². The van der Waals surface area contributed by atoms with Crippen LogP contribution in [0.3, 0.4) is 0 Å². The fourth-order valence-corrected chi connectivity index (χ4v) is 3.65. The molecule has 0 atom stereocenters. The largest absolute Gasteiger partial charge is 0.496 e. The van der Waals surface area contributed by atoms with Gasteiger partial charge in [0.1, 0.15) is 5.75 Å². The summed E-state index contributed by atoms with van der Waals surface area (Å²) in [5, 5.41) is 2.67. The van der Waals surface area contributed by atoms with Crippen molar-refractivity contribution in [2.24, 2.45) is 5.92 Å². The number of rotatable bonds is 7. The zero-order valence-corrected chi connectivity index (χ0v) is 18.6. The first kappa shape index (κ1) is 25.1. The summed E-state index contributed by atoms with van der Waals surface area (Å²) < 4.78 is 48.4. The quantitative estimate of drug-likeness (QED) is 0.617. The second kappa shape index (κ2) is 11.0. The summed E-state index contributed by atoms with van der Waals surface area (Å²) in [7, 11) is 1.53. The molecular formula is C24H25F3N2O5. The van der Waals surface area contributed by atoms with E-state index in [1.165, 1.54) is 12.0 Å². The van der Waals surface area contributed by atoms with Crippen molar-refractivity contribution < 1.29 is 37.0 Å². The normalized spacial score (nSPS) is 14.4. The smallest absolute Gasteiger partial charge is 0.416 e. The van der Waals surface area contributed by atoms with Gasteiger partial charge in [0.05, 0.1) is 18.6 Å². The first-order valence-electron chi connectivity index (χ1n) is 10.7. The molecule has 2 amide bonds. The number of benzene rings is 2. The minimum Gasteiger partial charge on any atom is -0.496 e. The average molecular weight is 478 g/mol. The van der Waals surface area contributed by atoms with Gasteiger partial charge in [0.2, 0.25) is 0 Å². The maximum Gasteiger partial charge on any atom is 0.416 e. The molecule has 1 saturated heterocycles. The number of piperidine rings is 1. The number of halogens is 3. The highest BCUT2D eigenvalue weighted by Gasteiger charge is 2.32. The zero-order chi connectivity index (χ0) is 24.7. The van der Waals surface area contributed by atoms with Crippen LogP contribution in [0.2, 0.25) is 0 Å². The van der Waals surface area contributed by atoms with E-state index in [0.717, 1.165) is 29.8 Å². The third-order valence-electron chi connectivity index (χ3n) is 5.59. The number of esters is 1. The molecule has 1 aliphatic rings. The van der Waals surface area contributed by atoms with E-state index in [-0.39, 0.29) is 25.2 Å². The molecule has 1 fully saturated rings. The Labute approximate surface area is 194 Å². The number of hydrogen-bond donors (Lipinski definition) is 1. The van der Waals surface area contributed by atoms with Crippen LogP contribution in [0, 0.1) is 5.92 Å². The van der Waals surface area contributed by atoms with E-state index >= 15 is 0 Å². The first-order valence-corrected chi connectivity index (χ1v) is 10.7. The molecule has 0 aromatic heterocycles. The van der Waals surface area contributed by atoms with Crippen LogP contribution < -0.4 is 10.1 Å². The number of alkyl halides is 3. The number of carbonyl (C=O) groups excluding carboxylic acids is 3. The number of likely N-dealkylation sites (tertiary alicyclic amines) is 1. The van der Waals surface area contributed by atoms with Crippen molar-refractivity contribution in [3.05, 3.63) is 65.2 Å². The predicted octanol–water partition coefficient (Wildman–Crippen LogP) is 3.43. The highest BCUT2D eigenvalue weighted by molar-refractivity contribution is 5.94. The van der Waals surface area contributed by atoms with Gasteiger partial charge in [-0.1, -0.05) is 18.2 Å². The zero-order valence-electron chi connectivity index (χ0n) is 18.6. The lowest BCUT2D eigenvalue weighted by Gasteiger charge is -2.31. The van der Waals surface area contributed by atoms with Crippen LogP contribution in [0.5, 0.6) is 5.75 Å². The van der Waals surface area contributed by atoms with Gasteiger partial charge in [-0.05, 0) is 43.2 Å². The molecule has 7 nitrogen and oxygen atoms in total. The van der Waals surface area contributed by atoms with Gasteiger partial charge in [0.15, 0.2) is 6.61 Å². The van der Waals surface area contributed by atoms with Gasteiger partial charge in [0.25, 0.3) is 11.8 Å². The van der Waals surface area contributed by atoms with Crippen LogP contribution in [0.1, 0.15) is 34.3 Å². The number of hydrogen-bond acceptors (Lipinski definition) is 5. The molecule has 1 aliphatic heterocycles. The highest BCUT2D eigenvalue weighted by atomic mass is 19.4.